The van der Waals surface area contributed by atoms with Crippen LogP contribution < -0.4 is 14.4 Å². The van der Waals surface area contributed by atoms with Gasteiger partial charge in [-0.3, -0.25) is 9.69 Å². The van der Waals surface area contributed by atoms with E-state index in [1.807, 2.05) is 0 Å². The third kappa shape index (κ3) is 3.54. The number of carbonyl (C=O) groups is 1. The molecule has 1 aliphatic rings. The topological polar surface area (TPSA) is 72.9 Å². The fraction of sp³-hybridized carbons (Fsp3) is 0.235. The van der Waals surface area contributed by atoms with Crippen LogP contribution in [0.1, 0.15) is 9.67 Å². The number of amides is 1. The Morgan fingerprint density at radius 3 is 2.60 bits per heavy atom. The van der Waals surface area contributed by atoms with Gasteiger partial charge in [-0.2, -0.15) is 0 Å². The van der Waals surface area contributed by atoms with Crippen molar-refractivity contribution in [2.24, 2.45) is 0 Å². The molecule has 0 saturated heterocycles. The maximum absolute atomic E-state index is 13.0. The van der Waals surface area contributed by atoms with Gasteiger partial charge in [0, 0.05) is 11.5 Å². The summed E-state index contributed by atoms with van der Waals surface area (Å²) in [6.07, 6.45) is 1.53. The maximum Gasteiger partial charge on any atom is 0.269 e. The van der Waals surface area contributed by atoms with Crippen LogP contribution in [0, 0.1) is 0 Å². The first-order chi connectivity index (χ1) is 11.9. The Bertz CT molecular complexity index is 903. The normalized spacial score (nSPS) is 18.1. The first-order valence-electron chi connectivity index (χ1n) is 7.45. The predicted octanol–water partition coefficient (Wildman–Crippen LogP) is 2.72. The number of thiophene rings is 1. The molecule has 0 saturated carbocycles. The molecule has 0 fully saturated rings. The van der Waals surface area contributed by atoms with Crippen molar-refractivity contribution in [1.82, 2.24) is 0 Å². The molecule has 1 aliphatic heterocycles. The van der Waals surface area contributed by atoms with Gasteiger partial charge in [0.25, 0.3) is 5.91 Å². The number of rotatable bonds is 5. The number of methoxy groups -OCH3 is 2. The van der Waals surface area contributed by atoms with Crippen molar-refractivity contribution in [2.75, 3.05) is 24.9 Å². The average Bonchev–Trinajstić information content (AvgIpc) is 3.25. The van der Waals surface area contributed by atoms with E-state index in [1.165, 1.54) is 36.5 Å². The molecule has 0 N–H and O–H groups in total. The fourth-order valence-electron chi connectivity index (χ4n) is 2.66. The summed E-state index contributed by atoms with van der Waals surface area (Å²) in [4.78, 5) is 15.0. The molecule has 0 radical (unpaired) electrons. The molecule has 1 amide bonds. The van der Waals surface area contributed by atoms with Crippen molar-refractivity contribution in [3.05, 3.63) is 52.1 Å². The van der Waals surface area contributed by atoms with Gasteiger partial charge in [-0.25, -0.2) is 8.42 Å². The molecule has 3 rings (SSSR count). The van der Waals surface area contributed by atoms with Crippen molar-refractivity contribution >= 4 is 32.8 Å². The van der Waals surface area contributed by atoms with Gasteiger partial charge in [-0.1, -0.05) is 6.07 Å². The highest BCUT2D eigenvalue weighted by atomic mass is 32.2. The monoisotopic (exact) mass is 379 g/mol. The number of benzene rings is 1. The minimum absolute atomic E-state index is 0.153. The highest BCUT2D eigenvalue weighted by Gasteiger charge is 2.34. The summed E-state index contributed by atoms with van der Waals surface area (Å²) in [5.74, 6) is 0.588. The Balaban J connectivity index is 2.09. The number of hydrogen-bond donors (Lipinski definition) is 0. The number of carbonyl (C=O) groups excluding carboxylic acids is 1. The molecule has 2 aromatic rings. The molecule has 1 atom stereocenters. The van der Waals surface area contributed by atoms with E-state index in [1.54, 1.807) is 35.7 Å². The molecule has 0 spiro atoms. The van der Waals surface area contributed by atoms with Crippen LogP contribution in [-0.4, -0.2) is 40.3 Å². The van der Waals surface area contributed by atoms with E-state index in [2.05, 4.69) is 0 Å². The Morgan fingerprint density at radius 1 is 1.24 bits per heavy atom. The SMILES string of the molecule is COc1ccc(N(C(=O)c2cccs2)[C@@H]2C=CS(=O)(=O)C2)c(OC)c1. The van der Waals surface area contributed by atoms with Crippen LogP contribution in [0.15, 0.2) is 47.2 Å². The third-order valence-electron chi connectivity index (χ3n) is 3.84. The van der Waals surface area contributed by atoms with E-state index < -0.39 is 15.9 Å². The lowest BCUT2D eigenvalue weighted by Gasteiger charge is -2.28. The molecule has 0 unspecified atom stereocenters. The van der Waals surface area contributed by atoms with Crippen molar-refractivity contribution in [1.29, 1.82) is 0 Å². The number of anilines is 1. The minimum atomic E-state index is -3.32. The molecule has 2 heterocycles. The van der Waals surface area contributed by atoms with Crippen molar-refractivity contribution in [3.63, 3.8) is 0 Å². The Morgan fingerprint density at radius 2 is 2.04 bits per heavy atom. The summed E-state index contributed by atoms with van der Waals surface area (Å²) in [7, 11) is -0.289. The van der Waals surface area contributed by atoms with Gasteiger partial charge in [0.2, 0.25) is 0 Å². The second-order valence-corrected chi connectivity index (χ2v) is 8.29. The molecular formula is C17H17NO5S2. The van der Waals surface area contributed by atoms with Crippen molar-refractivity contribution in [2.45, 2.75) is 6.04 Å². The van der Waals surface area contributed by atoms with Crippen LogP contribution in [-0.2, 0) is 9.84 Å². The maximum atomic E-state index is 13.0. The molecule has 0 aliphatic carbocycles. The minimum Gasteiger partial charge on any atom is -0.497 e. The van der Waals surface area contributed by atoms with Gasteiger partial charge in [0.05, 0.1) is 36.6 Å². The van der Waals surface area contributed by atoms with Gasteiger partial charge >= 0.3 is 0 Å². The van der Waals surface area contributed by atoms with Crippen molar-refractivity contribution < 1.29 is 22.7 Å². The number of ether oxygens (including phenoxy) is 2. The Labute approximate surface area is 150 Å². The summed E-state index contributed by atoms with van der Waals surface area (Å²) < 4.78 is 34.3. The second kappa shape index (κ2) is 6.89. The quantitative estimate of drug-likeness (QED) is 0.799. The lowest BCUT2D eigenvalue weighted by molar-refractivity contribution is 0.0986. The third-order valence-corrected chi connectivity index (χ3v) is 6.08. The molecule has 8 heteroatoms. The van der Waals surface area contributed by atoms with E-state index in [-0.39, 0.29) is 11.7 Å². The smallest absolute Gasteiger partial charge is 0.269 e. The van der Waals surface area contributed by atoms with Gasteiger partial charge in [0.1, 0.15) is 11.5 Å². The molecular weight excluding hydrogens is 362 g/mol. The van der Waals surface area contributed by atoms with Crippen LogP contribution >= 0.6 is 11.3 Å². The summed E-state index contributed by atoms with van der Waals surface area (Å²) >= 11 is 1.30. The lowest BCUT2D eigenvalue weighted by Crippen LogP contribution is -2.41. The molecule has 6 nitrogen and oxygen atoms in total. The van der Waals surface area contributed by atoms with E-state index in [4.69, 9.17) is 9.47 Å². The first-order valence-corrected chi connectivity index (χ1v) is 10.0. The average molecular weight is 379 g/mol. The zero-order valence-electron chi connectivity index (χ0n) is 13.7. The van der Waals surface area contributed by atoms with Crippen LogP contribution in [0.25, 0.3) is 0 Å². The van der Waals surface area contributed by atoms with E-state index >= 15 is 0 Å². The number of nitrogens with zero attached hydrogens (tertiary/aromatic N) is 1. The number of sulfone groups is 1. The predicted molar refractivity (Wildman–Crippen MR) is 97.4 cm³/mol. The van der Waals surface area contributed by atoms with Crippen molar-refractivity contribution in [3.8, 4) is 11.5 Å². The van der Waals surface area contributed by atoms with E-state index in [9.17, 15) is 13.2 Å². The van der Waals surface area contributed by atoms with Crippen LogP contribution in [0.2, 0.25) is 0 Å². The zero-order chi connectivity index (χ0) is 18.0. The highest BCUT2D eigenvalue weighted by Crippen LogP contribution is 2.36. The van der Waals surface area contributed by atoms with E-state index in [0.717, 1.165) is 5.41 Å². The molecule has 1 aromatic heterocycles. The van der Waals surface area contributed by atoms with Crippen LogP contribution in [0.4, 0.5) is 5.69 Å². The largest absolute Gasteiger partial charge is 0.497 e. The summed E-state index contributed by atoms with van der Waals surface area (Å²) in [5, 5.41) is 2.96. The van der Waals surface area contributed by atoms with Gasteiger partial charge in [0.15, 0.2) is 9.84 Å². The molecule has 1 aromatic carbocycles. The van der Waals surface area contributed by atoms with Gasteiger partial charge in [-0.15, -0.1) is 11.3 Å². The Kier molecular flexibility index (Phi) is 4.82. The standard InChI is InChI=1S/C17H17NO5S2/c1-22-13-5-6-14(15(10-13)23-2)18(12-7-9-25(20,21)11-12)17(19)16-4-3-8-24-16/h3-10,12H,11H2,1-2H3/t12-/m1/s1. The molecule has 132 valence electrons. The lowest BCUT2D eigenvalue weighted by atomic mass is 10.2. The van der Waals surface area contributed by atoms with Crippen LogP contribution in [0.3, 0.4) is 0 Å². The fourth-order valence-corrected chi connectivity index (χ4v) is 4.59. The van der Waals surface area contributed by atoms with E-state index in [0.29, 0.717) is 22.1 Å². The zero-order valence-corrected chi connectivity index (χ0v) is 15.3. The van der Waals surface area contributed by atoms with Gasteiger partial charge in [-0.05, 0) is 29.7 Å². The second-order valence-electron chi connectivity index (χ2n) is 5.42. The first kappa shape index (κ1) is 17.5. The molecule has 25 heavy (non-hydrogen) atoms. The summed E-state index contributed by atoms with van der Waals surface area (Å²) in [6, 6.07) is 7.96. The molecule has 0 bridgehead atoms. The summed E-state index contributed by atoms with van der Waals surface area (Å²) in [5.41, 5.74) is 0.494. The van der Waals surface area contributed by atoms with Crippen LogP contribution in [0.5, 0.6) is 11.5 Å². The summed E-state index contributed by atoms with van der Waals surface area (Å²) in [6.45, 7) is 0. The number of hydrogen-bond acceptors (Lipinski definition) is 6. The Hall–Kier alpha value is -2.32. The van der Waals surface area contributed by atoms with Gasteiger partial charge < -0.3 is 9.47 Å². The highest BCUT2D eigenvalue weighted by molar-refractivity contribution is 7.94.